The minimum Gasteiger partial charge on any atom is -0.466 e. The summed E-state index contributed by atoms with van der Waals surface area (Å²) >= 11 is 0. The van der Waals surface area contributed by atoms with E-state index in [0.717, 1.165) is 6.42 Å². The van der Waals surface area contributed by atoms with Crippen molar-refractivity contribution in [3.63, 3.8) is 0 Å². The molecule has 4 nitrogen and oxygen atoms in total. The number of ether oxygens (including phenoxy) is 1. The van der Waals surface area contributed by atoms with Crippen LogP contribution in [0.5, 0.6) is 0 Å². The molecule has 0 amide bonds. The minimum absolute atomic E-state index is 0. The first-order valence-electron chi connectivity index (χ1n) is 5.04. The predicted octanol–water partition coefficient (Wildman–Crippen LogP) is 0.687. The highest BCUT2D eigenvalue weighted by atomic mass is 16.5. The zero-order chi connectivity index (χ0) is 12.2. The van der Waals surface area contributed by atoms with Gasteiger partial charge in [0.25, 0.3) is 0 Å². The topological polar surface area (TPSA) is 66.8 Å². The average molecular weight is 223 g/mol. The smallest absolute Gasteiger partial charge is 0.466 e. The number of benzene rings is 1. The maximum Gasteiger partial charge on any atom is 0.482 e. The van der Waals surface area contributed by atoms with Crippen LogP contribution in [0, 0.1) is 0 Å². The molecule has 0 unspecified atom stereocenters. The zero-order valence-corrected chi connectivity index (χ0v) is 9.30. The molecule has 87 valence electrons. The van der Waals surface area contributed by atoms with Crippen LogP contribution in [0.1, 0.15) is 18.9 Å². The van der Waals surface area contributed by atoms with Crippen LogP contribution in [0.25, 0.3) is 0 Å². The van der Waals surface area contributed by atoms with Crippen LogP contribution in [-0.4, -0.2) is 30.3 Å². The summed E-state index contributed by atoms with van der Waals surface area (Å²) < 4.78 is 4.82. The summed E-state index contributed by atoms with van der Waals surface area (Å²) in [5.41, 5.74) is 1.18. The van der Waals surface area contributed by atoms with Crippen molar-refractivity contribution >= 4 is 13.7 Å². The summed E-state index contributed by atoms with van der Waals surface area (Å²) in [5, 5.41) is 14.0. The van der Waals surface area contributed by atoms with Crippen molar-refractivity contribution in [2.24, 2.45) is 0 Å². The predicted molar refractivity (Wildman–Crippen MR) is 61.6 cm³/mol. The molecule has 1 rings (SSSR count). The van der Waals surface area contributed by atoms with Crippen molar-refractivity contribution in [2.75, 3.05) is 6.61 Å². The van der Waals surface area contributed by atoms with Gasteiger partial charge in [0, 0.05) is 6.42 Å². The summed E-state index contributed by atoms with van der Waals surface area (Å²) in [5.74, 6) is -0.119. The summed E-state index contributed by atoms with van der Waals surface area (Å²) in [6.07, 6.45) is 1.23. The monoisotopic (exact) mass is 223 g/mol. The molecular weight excluding hydrogens is 207 g/mol. The van der Waals surface area contributed by atoms with Gasteiger partial charge in [-0.15, -0.1) is 0 Å². The second kappa shape index (κ2) is 10.2. The van der Waals surface area contributed by atoms with E-state index in [1.165, 1.54) is 5.56 Å². The molecule has 0 bridgehead atoms. The quantitative estimate of drug-likeness (QED) is 0.582. The third-order valence-electron chi connectivity index (χ3n) is 1.77. The Morgan fingerprint density at radius 2 is 1.88 bits per heavy atom. The molecule has 1 aromatic rings. The largest absolute Gasteiger partial charge is 0.482 e. The van der Waals surface area contributed by atoms with Crippen molar-refractivity contribution < 1.29 is 19.6 Å². The van der Waals surface area contributed by atoms with Crippen molar-refractivity contribution in [1.82, 2.24) is 0 Å². The van der Waals surface area contributed by atoms with Crippen LogP contribution in [0.2, 0.25) is 0 Å². The fourth-order valence-corrected chi connectivity index (χ4v) is 1.12. The van der Waals surface area contributed by atoms with Gasteiger partial charge >= 0.3 is 13.7 Å². The molecule has 0 aromatic heterocycles. The van der Waals surface area contributed by atoms with Gasteiger partial charge in [0.2, 0.25) is 0 Å². The Hall–Kier alpha value is -1.33. The highest BCUT2D eigenvalue weighted by Gasteiger charge is 2.01. The van der Waals surface area contributed by atoms with Gasteiger partial charge in [-0.25, -0.2) is 0 Å². The Morgan fingerprint density at radius 1 is 1.31 bits per heavy atom. The van der Waals surface area contributed by atoms with Gasteiger partial charge in [-0.05, 0) is 18.9 Å². The van der Waals surface area contributed by atoms with E-state index in [2.05, 4.69) is 0 Å². The number of hydrogen-bond donors (Lipinski definition) is 2. The molecule has 0 saturated heterocycles. The molecule has 0 spiro atoms. The van der Waals surface area contributed by atoms with Crippen LogP contribution >= 0.6 is 0 Å². The number of carbonyl (C=O) groups excluding carboxylic acids is 1. The SMILES string of the molecule is CCOC(=O)CCc1ccccc1.O[B]O. The van der Waals surface area contributed by atoms with Crippen molar-refractivity contribution in [3.8, 4) is 0 Å². The number of rotatable bonds is 4. The standard InChI is InChI=1S/C11H14O2.BH2O2/c1-2-13-11(12)9-8-10-6-4-3-5-7-10;2-1-3/h3-7H,2,8-9H2,1H3;2-3H. The molecular formula is C11H16BO4. The second-order valence-corrected chi connectivity index (χ2v) is 2.91. The van der Waals surface area contributed by atoms with Gasteiger partial charge in [-0.1, -0.05) is 30.3 Å². The Labute approximate surface area is 96.2 Å². The van der Waals surface area contributed by atoms with Crippen LogP contribution in [-0.2, 0) is 16.0 Å². The summed E-state index contributed by atoms with van der Waals surface area (Å²) in [4.78, 5) is 11.0. The van der Waals surface area contributed by atoms with Gasteiger partial charge in [0.1, 0.15) is 0 Å². The van der Waals surface area contributed by atoms with Crippen LogP contribution in [0.4, 0.5) is 0 Å². The fraction of sp³-hybridized carbons (Fsp3) is 0.364. The van der Waals surface area contributed by atoms with Crippen molar-refractivity contribution in [2.45, 2.75) is 19.8 Å². The molecule has 0 aliphatic carbocycles. The van der Waals surface area contributed by atoms with Crippen molar-refractivity contribution in [1.29, 1.82) is 0 Å². The van der Waals surface area contributed by atoms with E-state index in [9.17, 15) is 4.79 Å². The van der Waals surface area contributed by atoms with Crippen LogP contribution in [0.3, 0.4) is 0 Å². The number of carbonyl (C=O) groups is 1. The molecule has 0 saturated carbocycles. The van der Waals surface area contributed by atoms with E-state index < -0.39 is 0 Å². The summed E-state index contributed by atoms with van der Waals surface area (Å²) in [7, 11) is 0. The first-order valence-corrected chi connectivity index (χ1v) is 5.04. The Balaban J connectivity index is 0.000000673. The van der Waals surface area contributed by atoms with Gasteiger partial charge in [0.15, 0.2) is 0 Å². The Kier molecular flexibility index (Phi) is 9.36. The third-order valence-corrected chi connectivity index (χ3v) is 1.77. The Morgan fingerprint density at radius 3 is 2.38 bits per heavy atom. The molecule has 5 heteroatoms. The van der Waals surface area contributed by atoms with E-state index in [1.807, 2.05) is 37.3 Å². The molecule has 0 aliphatic heterocycles. The van der Waals surface area contributed by atoms with Crippen molar-refractivity contribution in [3.05, 3.63) is 35.9 Å². The highest BCUT2D eigenvalue weighted by Crippen LogP contribution is 2.02. The number of hydrogen-bond acceptors (Lipinski definition) is 4. The normalized spacial score (nSPS) is 8.69. The van der Waals surface area contributed by atoms with E-state index in [-0.39, 0.29) is 13.7 Å². The number of esters is 1. The summed E-state index contributed by atoms with van der Waals surface area (Å²) in [6.45, 7) is 2.29. The Bertz CT molecular complexity index is 277. The van der Waals surface area contributed by atoms with Gasteiger partial charge in [-0.2, -0.15) is 0 Å². The molecule has 2 N–H and O–H groups in total. The number of aryl methyl sites for hydroxylation is 1. The van der Waals surface area contributed by atoms with Gasteiger partial charge in [0.05, 0.1) is 6.61 Å². The first kappa shape index (κ1) is 14.7. The van der Waals surface area contributed by atoms with Gasteiger partial charge < -0.3 is 14.8 Å². The summed E-state index contributed by atoms with van der Waals surface area (Å²) in [6, 6.07) is 9.94. The lowest BCUT2D eigenvalue weighted by atomic mass is 10.1. The molecule has 1 aromatic carbocycles. The van der Waals surface area contributed by atoms with Crippen LogP contribution in [0.15, 0.2) is 30.3 Å². The maximum absolute atomic E-state index is 11.0. The molecule has 0 atom stereocenters. The molecule has 0 heterocycles. The second-order valence-electron chi connectivity index (χ2n) is 2.91. The molecule has 16 heavy (non-hydrogen) atoms. The lowest BCUT2D eigenvalue weighted by Crippen LogP contribution is -2.04. The van der Waals surface area contributed by atoms with Crippen LogP contribution < -0.4 is 0 Å². The average Bonchev–Trinajstić information content (AvgIpc) is 2.29. The van der Waals surface area contributed by atoms with E-state index in [1.54, 1.807) is 0 Å². The molecule has 0 aliphatic rings. The third kappa shape index (κ3) is 8.02. The fourth-order valence-electron chi connectivity index (χ4n) is 1.12. The molecule has 0 fully saturated rings. The lowest BCUT2D eigenvalue weighted by Gasteiger charge is -2.01. The lowest BCUT2D eigenvalue weighted by molar-refractivity contribution is -0.143. The highest BCUT2D eigenvalue weighted by molar-refractivity contribution is 6.13. The molecule has 1 radical (unpaired) electrons. The zero-order valence-electron chi connectivity index (χ0n) is 9.30. The van der Waals surface area contributed by atoms with E-state index in [0.29, 0.717) is 13.0 Å². The van der Waals surface area contributed by atoms with E-state index >= 15 is 0 Å². The van der Waals surface area contributed by atoms with E-state index in [4.69, 9.17) is 14.8 Å². The van der Waals surface area contributed by atoms with Gasteiger partial charge in [-0.3, -0.25) is 4.79 Å². The maximum atomic E-state index is 11.0. The first-order chi connectivity index (χ1) is 7.74. The minimum atomic E-state index is -0.119.